The molecule has 2 amide bonds. The fourth-order valence-corrected chi connectivity index (χ4v) is 3.32. The van der Waals surface area contributed by atoms with E-state index in [1.807, 2.05) is 0 Å². The highest BCUT2D eigenvalue weighted by Crippen LogP contribution is 2.23. The lowest BCUT2D eigenvalue weighted by atomic mass is 9.97. The third-order valence-corrected chi connectivity index (χ3v) is 5.20. The van der Waals surface area contributed by atoms with E-state index in [-0.39, 0.29) is 25.1 Å². The third kappa shape index (κ3) is 8.47. The lowest BCUT2D eigenvalue weighted by Crippen LogP contribution is -2.48. The van der Waals surface area contributed by atoms with Gasteiger partial charge in [0, 0.05) is 16.6 Å². The first kappa shape index (κ1) is 27.4. The van der Waals surface area contributed by atoms with E-state index in [1.54, 1.807) is 19.1 Å². The summed E-state index contributed by atoms with van der Waals surface area (Å²) < 4.78 is 14.2. The number of rotatable bonds is 12. The van der Waals surface area contributed by atoms with Crippen molar-refractivity contribution in [3.8, 4) is 0 Å². The molecule has 2 rings (SSSR count). The van der Waals surface area contributed by atoms with Crippen molar-refractivity contribution in [2.45, 2.75) is 31.8 Å². The van der Waals surface area contributed by atoms with Crippen LogP contribution < -0.4 is 16.4 Å². The number of hydrogen-bond donors (Lipinski definition) is 5. The maximum Gasteiger partial charge on any atom is 0.326 e. The second-order valence-electron chi connectivity index (χ2n) is 7.55. The molecular formula is C23H26ClFN6O4. The second-order valence-corrected chi connectivity index (χ2v) is 7.99. The monoisotopic (exact) mass is 504 g/mol. The fraction of sp³-hybridized carbons (Fsp3) is 0.261. The van der Waals surface area contributed by atoms with Crippen molar-refractivity contribution in [2.75, 3.05) is 6.54 Å². The Kier molecular flexibility index (Phi) is 10.3. The summed E-state index contributed by atoms with van der Waals surface area (Å²) in [7, 11) is 0. The topological polar surface area (TPSA) is 163 Å². The van der Waals surface area contributed by atoms with Crippen LogP contribution in [0.15, 0.2) is 54.8 Å². The van der Waals surface area contributed by atoms with Crippen LogP contribution in [0.5, 0.6) is 0 Å². The Morgan fingerprint density at radius 1 is 1.31 bits per heavy atom. The minimum atomic E-state index is -1.31. The zero-order valence-electron chi connectivity index (χ0n) is 18.9. The molecular weight excluding hydrogens is 479 g/mol. The van der Waals surface area contributed by atoms with Crippen LogP contribution >= 0.6 is 11.6 Å². The Labute approximate surface area is 206 Å². The van der Waals surface area contributed by atoms with Crippen molar-refractivity contribution in [3.63, 3.8) is 0 Å². The Balaban J connectivity index is 2.29. The largest absolute Gasteiger partial charge is 0.480 e. The van der Waals surface area contributed by atoms with E-state index in [0.29, 0.717) is 21.7 Å². The fourth-order valence-electron chi connectivity index (χ4n) is 3.15. The van der Waals surface area contributed by atoms with Gasteiger partial charge in [-0.2, -0.15) is 0 Å². The van der Waals surface area contributed by atoms with Gasteiger partial charge in [-0.15, -0.1) is 5.10 Å². The average Bonchev–Trinajstić information content (AvgIpc) is 3.37. The number of aromatic nitrogens is 3. The van der Waals surface area contributed by atoms with Crippen molar-refractivity contribution in [1.29, 1.82) is 0 Å². The smallest absolute Gasteiger partial charge is 0.326 e. The summed E-state index contributed by atoms with van der Waals surface area (Å²) in [5, 5.41) is 24.5. The summed E-state index contributed by atoms with van der Waals surface area (Å²) in [6, 6.07) is 2.16. The summed E-state index contributed by atoms with van der Waals surface area (Å²) in [6.07, 6.45) is 6.15. The van der Waals surface area contributed by atoms with Crippen LogP contribution in [-0.2, 0) is 9.59 Å². The first-order chi connectivity index (χ1) is 16.6. The molecule has 0 saturated heterocycles. The van der Waals surface area contributed by atoms with Crippen LogP contribution in [0.4, 0.5) is 4.39 Å². The number of carboxylic acids is 1. The molecule has 0 unspecified atom stereocenters. The summed E-state index contributed by atoms with van der Waals surface area (Å²) in [5.74, 6) is -2.96. The van der Waals surface area contributed by atoms with Crippen LogP contribution in [0, 0.1) is 5.82 Å². The van der Waals surface area contributed by atoms with Crippen LogP contribution in [0.25, 0.3) is 5.57 Å². The third-order valence-electron chi connectivity index (χ3n) is 4.97. The number of nitrogens with two attached hydrogens (primary N) is 1. The maximum atomic E-state index is 14.2. The normalized spacial score (nSPS) is 13.6. The van der Waals surface area contributed by atoms with Gasteiger partial charge in [0.2, 0.25) is 5.91 Å². The number of halogens is 2. The van der Waals surface area contributed by atoms with E-state index >= 15 is 0 Å². The van der Waals surface area contributed by atoms with E-state index in [4.69, 9.17) is 17.3 Å². The molecule has 0 aliphatic carbocycles. The van der Waals surface area contributed by atoms with Gasteiger partial charge in [0.25, 0.3) is 5.91 Å². The summed E-state index contributed by atoms with van der Waals surface area (Å²) in [6.45, 7) is 5.09. The molecule has 0 aliphatic rings. The number of nitrogens with zero attached hydrogens (tertiary/aromatic N) is 2. The molecule has 35 heavy (non-hydrogen) atoms. The Hall–Kier alpha value is -3.83. The molecule has 2 atom stereocenters. The van der Waals surface area contributed by atoms with Gasteiger partial charge in [-0.3, -0.25) is 14.7 Å². The number of nitrogens with one attached hydrogen (secondary N) is 3. The molecule has 12 heteroatoms. The highest BCUT2D eigenvalue weighted by Gasteiger charge is 2.26. The van der Waals surface area contributed by atoms with E-state index < -0.39 is 35.7 Å². The van der Waals surface area contributed by atoms with Crippen molar-refractivity contribution in [1.82, 2.24) is 26.0 Å². The molecule has 1 heterocycles. The molecule has 0 spiro atoms. The van der Waals surface area contributed by atoms with Gasteiger partial charge in [-0.1, -0.05) is 41.6 Å². The highest BCUT2D eigenvalue weighted by molar-refractivity contribution is 6.30. The number of carbonyl (C=O) groups excluding carboxylic acids is 2. The lowest BCUT2D eigenvalue weighted by molar-refractivity contribution is -0.142. The number of amides is 2. The minimum absolute atomic E-state index is 0.00386. The van der Waals surface area contributed by atoms with Gasteiger partial charge in [0.15, 0.2) is 5.69 Å². The van der Waals surface area contributed by atoms with Crippen LogP contribution in [-0.4, -0.2) is 56.9 Å². The number of carbonyl (C=O) groups is 3. The average molecular weight is 505 g/mol. The van der Waals surface area contributed by atoms with Crippen LogP contribution in [0.3, 0.4) is 0 Å². The molecule has 2 aromatic rings. The Morgan fingerprint density at radius 3 is 2.66 bits per heavy atom. The van der Waals surface area contributed by atoms with Crippen molar-refractivity contribution >= 4 is 35.0 Å². The number of aromatic amines is 1. The first-order valence-corrected chi connectivity index (χ1v) is 10.9. The zero-order chi connectivity index (χ0) is 26.0. The minimum Gasteiger partial charge on any atom is -0.480 e. The predicted octanol–water partition coefficient (Wildman–Crippen LogP) is 2.22. The quantitative estimate of drug-likeness (QED) is 0.276. The SMILES string of the molecule is C=C/C(=C\C=C(/C)c1cc(Cl)ccc1F)C[C@H](C[C@@H](NC(=O)CN)C(=O)O)NC(=O)c1c[nH]nn1. The van der Waals surface area contributed by atoms with Gasteiger partial charge in [-0.25, -0.2) is 9.18 Å². The Morgan fingerprint density at radius 2 is 2.06 bits per heavy atom. The molecule has 0 saturated carbocycles. The summed E-state index contributed by atoms with van der Waals surface area (Å²) in [4.78, 5) is 35.9. The van der Waals surface area contributed by atoms with Crippen molar-refractivity contribution < 1.29 is 23.9 Å². The number of hydrogen-bond acceptors (Lipinski definition) is 6. The van der Waals surface area contributed by atoms with Gasteiger partial charge >= 0.3 is 5.97 Å². The lowest BCUT2D eigenvalue weighted by Gasteiger charge is -2.23. The van der Waals surface area contributed by atoms with Crippen LogP contribution in [0.2, 0.25) is 5.02 Å². The first-order valence-electron chi connectivity index (χ1n) is 10.5. The highest BCUT2D eigenvalue weighted by atomic mass is 35.5. The van der Waals surface area contributed by atoms with Gasteiger partial charge in [0.05, 0.1) is 12.7 Å². The van der Waals surface area contributed by atoms with Crippen LogP contribution in [0.1, 0.15) is 35.8 Å². The van der Waals surface area contributed by atoms with E-state index in [9.17, 15) is 23.9 Å². The summed E-state index contributed by atoms with van der Waals surface area (Å²) >= 11 is 5.97. The number of benzene rings is 1. The molecule has 0 radical (unpaired) electrons. The van der Waals surface area contributed by atoms with Gasteiger partial charge in [-0.05, 0) is 49.1 Å². The van der Waals surface area contributed by atoms with Gasteiger partial charge in [0.1, 0.15) is 11.9 Å². The predicted molar refractivity (Wildman–Crippen MR) is 129 cm³/mol. The van der Waals surface area contributed by atoms with Gasteiger partial charge < -0.3 is 21.5 Å². The molecule has 0 bridgehead atoms. The number of H-pyrrole nitrogens is 1. The molecule has 1 aromatic carbocycles. The molecule has 0 fully saturated rings. The summed E-state index contributed by atoms with van der Waals surface area (Å²) in [5.41, 5.74) is 6.81. The Bertz CT molecular complexity index is 1130. The van der Waals surface area contributed by atoms with E-state index in [0.717, 1.165) is 0 Å². The molecule has 186 valence electrons. The second kappa shape index (κ2) is 13.2. The zero-order valence-corrected chi connectivity index (χ0v) is 19.7. The number of carboxylic acid groups (broad SMARTS) is 1. The molecule has 10 nitrogen and oxygen atoms in total. The number of aliphatic carboxylic acids is 1. The van der Waals surface area contributed by atoms with Crippen molar-refractivity contribution in [3.05, 3.63) is 76.9 Å². The molecule has 0 aliphatic heterocycles. The molecule has 6 N–H and O–H groups in total. The number of allylic oxidation sites excluding steroid dienone is 4. The standard InChI is InChI=1S/C23H26ClFN6O4/c1-3-14(5-4-13(2)17-9-15(24)6-7-18(17)25)8-16(28-22(33)20-12-27-31-30-20)10-19(23(34)35)29-21(32)11-26/h3-7,9,12,16,19H,1,8,10-11,26H2,2H3,(H,28,33)(H,29,32)(H,34,35)(H,27,30,31)/b13-4+,14-5+/t16-,19-/m1/s1. The maximum absolute atomic E-state index is 14.2. The van der Waals surface area contributed by atoms with E-state index in [2.05, 4.69) is 32.6 Å². The molecule has 1 aromatic heterocycles. The van der Waals surface area contributed by atoms with E-state index in [1.165, 1.54) is 30.5 Å². The van der Waals surface area contributed by atoms with Crippen molar-refractivity contribution in [2.24, 2.45) is 5.73 Å².